The third-order valence-corrected chi connectivity index (χ3v) is 7.18. The second kappa shape index (κ2) is 8.84. The summed E-state index contributed by atoms with van der Waals surface area (Å²) in [5.74, 6) is 0. The molecule has 6 rings (SSSR count). The largest absolute Gasteiger partial charge is 0.309 e. The molecule has 0 unspecified atom stereocenters. The van der Waals surface area contributed by atoms with Crippen molar-refractivity contribution in [2.24, 2.45) is 0 Å². The lowest BCUT2D eigenvalue weighted by molar-refractivity contribution is 0.589. The lowest BCUT2D eigenvalue weighted by Gasteiger charge is -2.19. The van der Waals surface area contributed by atoms with Crippen LogP contribution in [0.25, 0.3) is 38.6 Å². The molecule has 1 heterocycles. The number of nitrogens with zero attached hydrogens (tertiary/aromatic N) is 1. The smallest absolute Gasteiger partial charge is 0.0541 e. The van der Waals surface area contributed by atoms with Crippen LogP contribution in [0.1, 0.15) is 37.5 Å². The van der Waals surface area contributed by atoms with E-state index < -0.39 is 0 Å². The Morgan fingerprint density at radius 3 is 2.00 bits per heavy atom. The van der Waals surface area contributed by atoms with Gasteiger partial charge in [0.1, 0.15) is 0 Å². The topological polar surface area (TPSA) is 4.93 Å². The van der Waals surface area contributed by atoms with Gasteiger partial charge in [0.05, 0.1) is 11.0 Å². The van der Waals surface area contributed by atoms with E-state index in [0.29, 0.717) is 0 Å². The molecule has 6 aromatic rings. The van der Waals surface area contributed by atoms with Crippen molar-refractivity contribution in [2.75, 3.05) is 0 Å². The molecule has 0 aliphatic rings. The average molecular weight is 466 g/mol. The first-order chi connectivity index (χ1) is 17.5. The normalized spacial score (nSPS) is 11.9. The van der Waals surface area contributed by atoms with Crippen LogP contribution in [0.3, 0.4) is 0 Å². The molecule has 0 saturated heterocycles. The van der Waals surface area contributed by atoms with Gasteiger partial charge < -0.3 is 4.57 Å². The maximum atomic E-state index is 2.36. The van der Waals surface area contributed by atoms with Gasteiger partial charge in [-0.1, -0.05) is 112 Å². The van der Waals surface area contributed by atoms with E-state index in [9.17, 15) is 0 Å². The summed E-state index contributed by atoms with van der Waals surface area (Å²) in [4.78, 5) is 0. The summed E-state index contributed by atoms with van der Waals surface area (Å²) in [5.41, 5.74) is 10.4. The lowest BCUT2D eigenvalue weighted by Crippen LogP contribution is -2.11. The molecule has 0 radical (unpaired) electrons. The zero-order chi connectivity index (χ0) is 24.7. The summed E-state index contributed by atoms with van der Waals surface area (Å²) in [5, 5.41) is 2.57. The van der Waals surface area contributed by atoms with Gasteiger partial charge in [0.2, 0.25) is 0 Å². The molecule has 0 saturated carbocycles. The molecule has 5 aromatic carbocycles. The highest BCUT2D eigenvalue weighted by molar-refractivity contribution is 6.10. The molecule has 1 heteroatoms. The van der Waals surface area contributed by atoms with E-state index in [1.54, 1.807) is 0 Å². The van der Waals surface area contributed by atoms with Crippen LogP contribution < -0.4 is 0 Å². The Kier molecular flexibility index (Phi) is 5.49. The van der Waals surface area contributed by atoms with Gasteiger partial charge >= 0.3 is 0 Å². The fraction of sp³-hybridized carbons (Fsp3) is 0.143. The standard InChI is InChI=1S/C35H31N/c1-35(2,3)29-11-9-10-26(23-29)22-25-16-18-27(19-17-25)28-20-21-34-32(24-28)31-14-7-8-15-33(31)36(34)30-12-5-4-6-13-30/h4-21,23-24H,22H2,1-3H3. The average Bonchev–Trinajstić information content (AvgIpc) is 3.23. The van der Waals surface area contributed by atoms with Crippen molar-refractivity contribution in [1.29, 1.82) is 0 Å². The first-order valence-electron chi connectivity index (χ1n) is 12.7. The summed E-state index contributed by atoms with van der Waals surface area (Å²) in [7, 11) is 0. The number of aromatic nitrogens is 1. The van der Waals surface area contributed by atoms with Crippen molar-refractivity contribution in [2.45, 2.75) is 32.6 Å². The van der Waals surface area contributed by atoms with Gasteiger partial charge in [-0.15, -0.1) is 0 Å². The van der Waals surface area contributed by atoms with Crippen LogP contribution in [0.2, 0.25) is 0 Å². The maximum Gasteiger partial charge on any atom is 0.0541 e. The van der Waals surface area contributed by atoms with Gasteiger partial charge in [-0.3, -0.25) is 0 Å². The van der Waals surface area contributed by atoms with Crippen LogP contribution in [0, 0.1) is 0 Å². The first kappa shape index (κ1) is 22.4. The molecule has 0 spiro atoms. The number of fused-ring (bicyclic) bond motifs is 3. The predicted molar refractivity (Wildman–Crippen MR) is 154 cm³/mol. The third-order valence-electron chi connectivity index (χ3n) is 7.18. The Hall–Kier alpha value is -4.10. The van der Waals surface area contributed by atoms with Crippen LogP contribution in [0.4, 0.5) is 0 Å². The van der Waals surface area contributed by atoms with Crippen molar-refractivity contribution in [3.8, 4) is 16.8 Å². The summed E-state index contributed by atoms with van der Waals surface area (Å²) < 4.78 is 2.36. The van der Waals surface area contributed by atoms with Crippen LogP contribution in [0.15, 0.2) is 121 Å². The summed E-state index contributed by atoms with van der Waals surface area (Å²) in [6.07, 6.45) is 0.952. The van der Waals surface area contributed by atoms with E-state index >= 15 is 0 Å². The minimum atomic E-state index is 0.169. The fourth-order valence-electron chi connectivity index (χ4n) is 5.21. The maximum absolute atomic E-state index is 2.36. The fourth-order valence-corrected chi connectivity index (χ4v) is 5.21. The number of para-hydroxylation sites is 2. The molecule has 0 atom stereocenters. The van der Waals surface area contributed by atoms with Gasteiger partial charge in [0, 0.05) is 16.5 Å². The Morgan fingerprint density at radius 1 is 0.528 bits per heavy atom. The van der Waals surface area contributed by atoms with Crippen LogP contribution in [0.5, 0.6) is 0 Å². The van der Waals surface area contributed by atoms with E-state index in [2.05, 4.69) is 147 Å². The van der Waals surface area contributed by atoms with Crippen molar-refractivity contribution >= 4 is 21.8 Å². The number of benzene rings is 5. The van der Waals surface area contributed by atoms with Gasteiger partial charge in [0.25, 0.3) is 0 Å². The minimum absolute atomic E-state index is 0.169. The molecular formula is C35H31N. The molecule has 0 fully saturated rings. The highest BCUT2D eigenvalue weighted by Crippen LogP contribution is 2.35. The second-order valence-electron chi connectivity index (χ2n) is 10.7. The summed E-state index contributed by atoms with van der Waals surface area (Å²) in [6.45, 7) is 6.82. The van der Waals surface area contributed by atoms with Gasteiger partial charge in [-0.2, -0.15) is 0 Å². The zero-order valence-corrected chi connectivity index (χ0v) is 21.2. The Balaban J connectivity index is 1.35. The highest BCUT2D eigenvalue weighted by Gasteiger charge is 2.14. The highest BCUT2D eigenvalue weighted by atomic mass is 15.0. The zero-order valence-electron chi connectivity index (χ0n) is 21.2. The minimum Gasteiger partial charge on any atom is -0.309 e. The molecule has 0 aliphatic heterocycles. The summed E-state index contributed by atoms with van der Waals surface area (Å²) in [6, 6.07) is 44.3. The van der Waals surface area contributed by atoms with E-state index in [1.807, 2.05) is 0 Å². The molecule has 36 heavy (non-hydrogen) atoms. The van der Waals surface area contributed by atoms with Crippen molar-refractivity contribution < 1.29 is 0 Å². The van der Waals surface area contributed by atoms with Crippen molar-refractivity contribution in [1.82, 2.24) is 4.57 Å². The second-order valence-corrected chi connectivity index (χ2v) is 10.7. The molecule has 0 bridgehead atoms. The van der Waals surface area contributed by atoms with Crippen LogP contribution >= 0.6 is 0 Å². The van der Waals surface area contributed by atoms with Crippen molar-refractivity contribution in [3.05, 3.63) is 138 Å². The van der Waals surface area contributed by atoms with E-state index in [0.717, 1.165) is 6.42 Å². The molecule has 0 N–H and O–H groups in total. The van der Waals surface area contributed by atoms with Crippen molar-refractivity contribution in [3.63, 3.8) is 0 Å². The van der Waals surface area contributed by atoms with E-state index in [4.69, 9.17) is 0 Å². The Bertz CT molecular complexity index is 1660. The van der Waals surface area contributed by atoms with E-state index in [1.165, 1.54) is 55.3 Å². The predicted octanol–water partition coefficient (Wildman–Crippen LogP) is 9.34. The van der Waals surface area contributed by atoms with Crippen LogP contribution in [-0.2, 0) is 11.8 Å². The van der Waals surface area contributed by atoms with Crippen LogP contribution in [-0.4, -0.2) is 4.57 Å². The number of hydrogen-bond donors (Lipinski definition) is 0. The summed E-state index contributed by atoms with van der Waals surface area (Å²) >= 11 is 0. The molecular weight excluding hydrogens is 434 g/mol. The SMILES string of the molecule is CC(C)(C)c1cccc(Cc2ccc(-c3ccc4c(c3)c3ccccc3n4-c3ccccc3)cc2)c1. The van der Waals surface area contributed by atoms with Gasteiger partial charge in [-0.05, 0) is 70.0 Å². The molecule has 176 valence electrons. The van der Waals surface area contributed by atoms with Gasteiger partial charge in [-0.25, -0.2) is 0 Å². The Labute approximate surface area is 213 Å². The molecule has 1 nitrogen and oxygen atoms in total. The van der Waals surface area contributed by atoms with Gasteiger partial charge in [0.15, 0.2) is 0 Å². The molecule has 1 aromatic heterocycles. The lowest BCUT2D eigenvalue weighted by atomic mass is 9.85. The van der Waals surface area contributed by atoms with E-state index in [-0.39, 0.29) is 5.41 Å². The Morgan fingerprint density at radius 2 is 1.22 bits per heavy atom. The molecule has 0 aliphatic carbocycles. The molecule has 0 amide bonds. The third kappa shape index (κ3) is 4.12. The number of hydrogen-bond acceptors (Lipinski definition) is 0. The monoisotopic (exact) mass is 465 g/mol. The number of rotatable bonds is 4. The quantitative estimate of drug-likeness (QED) is 0.244. The first-order valence-corrected chi connectivity index (χ1v) is 12.7.